The number of ether oxygens (including phenoxy) is 2. The third-order valence-corrected chi connectivity index (χ3v) is 10.4. The molecule has 4 N–H and O–H groups in total. The third kappa shape index (κ3) is 4.53. The van der Waals surface area contributed by atoms with Crippen molar-refractivity contribution < 1.29 is 13.9 Å². The number of benzene rings is 2. The number of nitrogens with two attached hydrogens (primary N) is 1. The maximum atomic E-state index is 13.5. The number of methoxy groups -OCH3 is 1. The number of hydrogen-bond donors (Lipinski definition) is 3. The maximum absolute atomic E-state index is 13.5. The number of aromatic amines is 1. The molecule has 1 aliphatic heterocycles. The summed E-state index contributed by atoms with van der Waals surface area (Å²) in [6.07, 6.45) is 2.65. The predicted octanol–water partition coefficient (Wildman–Crippen LogP) is 4.83. The number of allylic oxidation sites excluding steroid dienone is 1. The Morgan fingerprint density at radius 1 is 1.29 bits per heavy atom. The molecule has 5 rings (SSSR count). The third-order valence-electron chi connectivity index (χ3n) is 5.91. The van der Waals surface area contributed by atoms with Crippen LogP contribution < -0.4 is 18.7 Å². The summed E-state index contributed by atoms with van der Waals surface area (Å²) in [7, 11) is 1.65. The number of nitrogens with one attached hydrogen (secondary N) is 2. The fraction of sp³-hybridized carbons (Fsp3) is 0.192. The van der Waals surface area contributed by atoms with Crippen LogP contribution in [0, 0.1) is 9.39 Å². The molecular weight excluding hydrogens is 560 g/mol. The van der Waals surface area contributed by atoms with Crippen molar-refractivity contribution in [3.63, 3.8) is 0 Å². The van der Waals surface area contributed by atoms with Gasteiger partial charge in [0.1, 0.15) is 0 Å². The van der Waals surface area contributed by atoms with E-state index in [1.165, 1.54) is 12.1 Å². The molecule has 0 radical (unpaired) electrons. The van der Waals surface area contributed by atoms with Gasteiger partial charge in [0.25, 0.3) is 0 Å². The molecule has 0 saturated carbocycles. The van der Waals surface area contributed by atoms with E-state index in [1.54, 1.807) is 19.2 Å². The van der Waals surface area contributed by atoms with Crippen molar-refractivity contribution in [2.75, 3.05) is 18.3 Å². The zero-order chi connectivity index (χ0) is 24.6. The van der Waals surface area contributed by atoms with E-state index in [0.29, 0.717) is 29.0 Å². The van der Waals surface area contributed by atoms with E-state index in [4.69, 9.17) is 18.4 Å². The summed E-state index contributed by atoms with van der Waals surface area (Å²) in [5.74, 6) is 1.17. The van der Waals surface area contributed by atoms with Crippen molar-refractivity contribution in [2.24, 2.45) is 3.95 Å². The van der Waals surface area contributed by atoms with Crippen LogP contribution in [-0.2, 0) is 6.42 Å². The Hall–Kier alpha value is -3.31. The number of H-pyrrole nitrogens is 1. The van der Waals surface area contributed by atoms with Gasteiger partial charge in [-0.1, -0.05) is 0 Å². The number of aromatic nitrogens is 3. The van der Waals surface area contributed by atoms with E-state index < -0.39 is 18.2 Å². The Balaban J connectivity index is 1.40. The first-order chi connectivity index (χ1) is 16.9. The van der Waals surface area contributed by atoms with Gasteiger partial charge in [-0.3, -0.25) is 0 Å². The zero-order valence-electron chi connectivity index (χ0n) is 19.6. The summed E-state index contributed by atoms with van der Waals surface area (Å²) in [6.45, 7) is 2.60. The molecule has 0 aliphatic carbocycles. The van der Waals surface area contributed by atoms with Gasteiger partial charge in [0.05, 0.1) is 7.11 Å². The van der Waals surface area contributed by atoms with Crippen LogP contribution in [0.5, 0.6) is 11.5 Å². The molecule has 1 aliphatic rings. The summed E-state index contributed by atoms with van der Waals surface area (Å²) in [4.78, 5) is 4.87. The van der Waals surface area contributed by atoms with Gasteiger partial charge in [-0.05, 0) is 0 Å². The number of rotatable bonds is 7. The average Bonchev–Trinajstić information content (AvgIpc) is 3.42. The van der Waals surface area contributed by atoms with Gasteiger partial charge in [-0.2, -0.15) is 0 Å². The first-order valence-corrected chi connectivity index (χ1v) is 16.5. The molecule has 4 aromatic rings. The Morgan fingerprint density at radius 3 is 2.83 bits per heavy atom. The normalized spacial score (nSPS) is 19.1. The molecule has 1 atom stereocenters. The summed E-state index contributed by atoms with van der Waals surface area (Å²) >= 11 is -2.94. The molecule has 0 spiro atoms. The van der Waals surface area contributed by atoms with E-state index in [9.17, 15) is 4.39 Å². The van der Waals surface area contributed by atoms with E-state index in [0.717, 1.165) is 42.9 Å². The predicted molar refractivity (Wildman–Crippen MR) is 147 cm³/mol. The van der Waals surface area contributed by atoms with E-state index in [1.807, 2.05) is 37.3 Å². The zero-order valence-corrected chi connectivity index (χ0v) is 21.7. The topological polar surface area (TPSA) is 98.1 Å². The molecular formula is C26H27FIN5O2. The molecule has 182 valence electrons. The first-order valence-electron chi connectivity index (χ1n) is 11.1. The van der Waals surface area contributed by atoms with Crippen LogP contribution in [0.15, 0.2) is 54.6 Å². The summed E-state index contributed by atoms with van der Waals surface area (Å²) < 4.78 is 37.1. The SMILES string of the molecule is C=I1(N)COc2c1cc(CCNC(=CC)c1n[nH]c3ccc(OC)cc13)nc2-c1ccc(F)cc1. The second-order valence-electron chi connectivity index (χ2n) is 8.27. The monoisotopic (exact) mass is 587 g/mol. The molecule has 2 aromatic heterocycles. The molecule has 9 heteroatoms. The van der Waals surface area contributed by atoms with E-state index >= 15 is 0 Å². The summed E-state index contributed by atoms with van der Waals surface area (Å²) in [6, 6.07) is 14.1. The van der Waals surface area contributed by atoms with Crippen LogP contribution in [-0.4, -0.2) is 38.0 Å². The molecule has 0 saturated heterocycles. The van der Waals surface area contributed by atoms with Crippen molar-refractivity contribution >= 4 is 39.3 Å². The number of hydrogen-bond acceptors (Lipinski definition) is 6. The molecule has 0 amide bonds. The van der Waals surface area contributed by atoms with Crippen molar-refractivity contribution in [1.29, 1.82) is 0 Å². The van der Waals surface area contributed by atoms with Gasteiger partial charge in [0.15, 0.2) is 0 Å². The van der Waals surface area contributed by atoms with Gasteiger partial charge >= 0.3 is 200 Å². The summed E-state index contributed by atoms with van der Waals surface area (Å²) in [5, 5.41) is 12.0. The van der Waals surface area contributed by atoms with Crippen LogP contribution in [0.2, 0.25) is 0 Å². The molecule has 7 nitrogen and oxygen atoms in total. The first kappa shape index (κ1) is 23.4. The van der Waals surface area contributed by atoms with Gasteiger partial charge < -0.3 is 0 Å². The van der Waals surface area contributed by atoms with Crippen molar-refractivity contribution in [3.05, 3.63) is 75.4 Å². The van der Waals surface area contributed by atoms with Crippen LogP contribution in [0.3, 0.4) is 0 Å². The standard InChI is InChI=1S/C26H27FIN5O2/c1-4-22(25-20-14-19(34-3)9-10-23(20)32-33-25)30-12-11-18-13-21-26(35-15-28(21,2)29)24(31-18)16-5-7-17(27)8-6-16/h4-10,13-14,30H,2,11-12,15,29H2,1,3H3,(H,32,33). The van der Waals surface area contributed by atoms with Gasteiger partial charge in [-0.25, -0.2) is 0 Å². The molecule has 1 unspecified atom stereocenters. The second kappa shape index (κ2) is 9.38. The van der Waals surface area contributed by atoms with E-state index in [-0.39, 0.29) is 5.82 Å². The van der Waals surface area contributed by atoms with E-state index in [2.05, 4.69) is 20.0 Å². The Kier molecular flexibility index (Phi) is 6.28. The number of fused-ring (bicyclic) bond motifs is 2. The van der Waals surface area contributed by atoms with Crippen LogP contribution in [0.4, 0.5) is 4.39 Å². The molecule has 0 bridgehead atoms. The van der Waals surface area contributed by atoms with Crippen molar-refractivity contribution in [2.45, 2.75) is 13.3 Å². The Bertz CT molecular complexity index is 1480. The molecule has 2 aromatic carbocycles. The minimum atomic E-state index is -2.94. The van der Waals surface area contributed by atoms with Gasteiger partial charge in [0.2, 0.25) is 0 Å². The fourth-order valence-electron chi connectivity index (χ4n) is 4.08. The second-order valence-corrected chi connectivity index (χ2v) is 15.0. The van der Waals surface area contributed by atoms with Crippen LogP contribution in [0.1, 0.15) is 18.3 Å². The van der Waals surface area contributed by atoms with Gasteiger partial charge in [0, 0.05) is 0 Å². The number of halogens is 2. The summed E-state index contributed by atoms with van der Waals surface area (Å²) in [5.41, 5.74) is 5.04. The van der Waals surface area contributed by atoms with Gasteiger partial charge in [-0.15, -0.1) is 0 Å². The molecule has 35 heavy (non-hydrogen) atoms. The molecule has 3 heterocycles. The van der Waals surface area contributed by atoms with Crippen molar-refractivity contribution in [3.8, 4) is 22.8 Å². The molecule has 0 fully saturated rings. The minimum absolute atomic E-state index is 0.295. The fourth-order valence-corrected chi connectivity index (χ4v) is 7.65. The van der Waals surface area contributed by atoms with Crippen molar-refractivity contribution in [1.82, 2.24) is 20.5 Å². The number of nitrogens with zero attached hydrogens (tertiary/aromatic N) is 2. The Labute approximate surface area is 206 Å². The average molecular weight is 587 g/mol. The quantitative estimate of drug-likeness (QED) is 0.163. The van der Waals surface area contributed by atoms with Crippen LogP contribution >= 0.6 is 18.2 Å². The Morgan fingerprint density at radius 2 is 2.09 bits per heavy atom. The number of alkyl halides is 1. The number of pyridine rings is 1. The van der Waals surface area contributed by atoms with Crippen LogP contribution in [0.25, 0.3) is 27.9 Å².